The largest absolute Gasteiger partial charge is 0.463 e. The number of hydrogen-bond donors (Lipinski definition) is 1. The average Bonchev–Trinajstić information content (AvgIpc) is 2.95. The fraction of sp³-hybridized carbons (Fsp3) is 0.0667. The van der Waals surface area contributed by atoms with E-state index in [4.69, 9.17) is 0 Å². The SMILES string of the molecule is COC(=O)c1ncc(-c2cccc3ccccc23)[nH]1. The number of hydrogen-bond acceptors (Lipinski definition) is 3. The van der Waals surface area contributed by atoms with Crippen LogP contribution in [0.3, 0.4) is 0 Å². The van der Waals surface area contributed by atoms with Gasteiger partial charge in [-0.05, 0) is 10.8 Å². The van der Waals surface area contributed by atoms with Crippen molar-refractivity contribution in [2.75, 3.05) is 7.11 Å². The Kier molecular flexibility index (Phi) is 2.76. The number of H-pyrrole nitrogens is 1. The predicted molar refractivity (Wildman–Crippen MR) is 72.9 cm³/mol. The zero-order valence-corrected chi connectivity index (χ0v) is 10.4. The Morgan fingerprint density at radius 1 is 1.16 bits per heavy atom. The number of methoxy groups -OCH3 is 1. The van der Waals surface area contributed by atoms with Crippen LogP contribution >= 0.6 is 0 Å². The third-order valence-electron chi connectivity index (χ3n) is 3.03. The van der Waals surface area contributed by atoms with Crippen LogP contribution in [0.15, 0.2) is 48.7 Å². The second-order valence-corrected chi connectivity index (χ2v) is 4.16. The van der Waals surface area contributed by atoms with Gasteiger partial charge in [-0.2, -0.15) is 0 Å². The summed E-state index contributed by atoms with van der Waals surface area (Å²) >= 11 is 0. The lowest BCUT2D eigenvalue weighted by atomic mass is 10.0. The van der Waals surface area contributed by atoms with E-state index in [9.17, 15) is 4.79 Å². The molecule has 0 aliphatic carbocycles. The van der Waals surface area contributed by atoms with Gasteiger partial charge < -0.3 is 9.72 Å². The molecule has 0 fully saturated rings. The summed E-state index contributed by atoms with van der Waals surface area (Å²) in [6, 6.07) is 14.1. The number of esters is 1. The number of nitrogens with one attached hydrogen (secondary N) is 1. The van der Waals surface area contributed by atoms with E-state index in [-0.39, 0.29) is 5.82 Å². The highest BCUT2D eigenvalue weighted by molar-refractivity contribution is 5.96. The van der Waals surface area contributed by atoms with Gasteiger partial charge in [0.1, 0.15) is 0 Å². The highest BCUT2D eigenvalue weighted by Crippen LogP contribution is 2.27. The first-order valence-electron chi connectivity index (χ1n) is 5.91. The fourth-order valence-electron chi connectivity index (χ4n) is 2.12. The molecule has 2 aromatic carbocycles. The highest BCUT2D eigenvalue weighted by atomic mass is 16.5. The van der Waals surface area contributed by atoms with Gasteiger partial charge in [-0.3, -0.25) is 0 Å². The summed E-state index contributed by atoms with van der Waals surface area (Å²) < 4.78 is 4.64. The van der Waals surface area contributed by atoms with Crippen molar-refractivity contribution >= 4 is 16.7 Å². The van der Waals surface area contributed by atoms with Crippen molar-refractivity contribution in [1.29, 1.82) is 0 Å². The van der Waals surface area contributed by atoms with Crippen molar-refractivity contribution < 1.29 is 9.53 Å². The number of carbonyl (C=O) groups is 1. The molecule has 0 amide bonds. The Morgan fingerprint density at radius 2 is 1.95 bits per heavy atom. The molecule has 3 rings (SSSR count). The van der Waals surface area contributed by atoms with Crippen LogP contribution in [0.5, 0.6) is 0 Å². The third-order valence-corrected chi connectivity index (χ3v) is 3.03. The van der Waals surface area contributed by atoms with Crippen molar-refractivity contribution in [3.63, 3.8) is 0 Å². The van der Waals surface area contributed by atoms with Crippen molar-refractivity contribution in [3.8, 4) is 11.3 Å². The molecule has 4 nitrogen and oxygen atoms in total. The summed E-state index contributed by atoms with van der Waals surface area (Å²) in [5.41, 5.74) is 1.82. The number of aromatic nitrogens is 2. The number of imidazole rings is 1. The van der Waals surface area contributed by atoms with Crippen molar-refractivity contribution in [1.82, 2.24) is 9.97 Å². The summed E-state index contributed by atoms with van der Waals surface area (Å²) in [4.78, 5) is 18.4. The van der Waals surface area contributed by atoms with E-state index in [1.807, 2.05) is 30.3 Å². The molecule has 19 heavy (non-hydrogen) atoms. The normalized spacial score (nSPS) is 10.6. The Balaban J connectivity index is 2.14. The number of benzene rings is 2. The fourth-order valence-corrected chi connectivity index (χ4v) is 2.12. The molecule has 0 radical (unpaired) electrons. The molecule has 1 aromatic heterocycles. The number of nitrogens with zero attached hydrogens (tertiary/aromatic N) is 1. The van der Waals surface area contributed by atoms with Crippen LogP contribution in [0.1, 0.15) is 10.6 Å². The number of fused-ring (bicyclic) bond motifs is 1. The standard InChI is InChI=1S/C15H12N2O2/c1-19-15(18)14-16-9-13(17-14)12-8-4-6-10-5-2-3-7-11(10)12/h2-9H,1H3,(H,16,17). The molecule has 4 heteroatoms. The van der Waals surface area contributed by atoms with Crippen LogP contribution in [0.25, 0.3) is 22.0 Å². The highest BCUT2D eigenvalue weighted by Gasteiger charge is 2.12. The summed E-state index contributed by atoms with van der Waals surface area (Å²) in [6.45, 7) is 0. The van der Waals surface area contributed by atoms with Gasteiger partial charge in [0, 0.05) is 5.56 Å². The van der Waals surface area contributed by atoms with E-state index in [1.54, 1.807) is 6.20 Å². The molecule has 0 atom stereocenters. The van der Waals surface area contributed by atoms with Crippen LogP contribution in [0.4, 0.5) is 0 Å². The van der Waals surface area contributed by atoms with Crippen molar-refractivity contribution in [3.05, 3.63) is 54.5 Å². The van der Waals surface area contributed by atoms with Gasteiger partial charge in [0.25, 0.3) is 0 Å². The lowest BCUT2D eigenvalue weighted by Crippen LogP contribution is -2.03. The number of aromatic amines is 1. The Hall–Kier alpha value is -2.62. The zero-order chi connectivity index (χ0) is 13.2. The third kappa shape index (κ3) is 1.97. The lowest BCUT2D eigenvalue weighted by molar-refractivity contribution is 0.0588. The minimum atomic E-state index is -0.466. The van der Waals surface area contributed by atoms with Crippen LogP contribution in [-0.2, 0) is 4.74 Å². The quantitative estimate of drug-likeness (QED) is 0.713. The topological polar surface area (TPSA) is 55.0 Å². The van der Waals surface area contributed by atoms with E-state index < -0.39 is 5.97 Å². The number of ether oxygens (including phenoxy) is 1. The molecule has 94 valence electrons. The minimum Gasteiger partial charge on any atom is -0.463 e. The maximum atomic E-state index is 11.4. The minimum absolute atomic E-state index is 0.213. The Bertz CT molecular complexity index is 741. The molecule has 0 aliphatic rings. The maximum Gasteiger partial charge on any atom is 0.374 e. The summed E-state index contributed by atoms with van der Waals surface area (Å²) in [7, 11) is 1.34. The first-order chi connectivity index (χ1) is 9.29. The molecular formula is C15H12N2O2. The van der Waals surface area contributed by atoms with Crippen LogP contribution in [0, 0.1) is 0 Å². The van der Waals surface area contributed by atoms with Gasteiger partial charge in [0.05, 0.1) is 19.0 Å². The maximum absolute atomic E-state index is 11.4. The summed E-state index contributed by atoms with van der Waals surface area (Å²) in [6.07, 6.45) is 1.65. The first kappa shape index (κ1) is 11.5. The van der Waals surface area contributed by atoms with E-state index in [1.165, 1.54) is 7.11 Å². The molecular weight excluding hydrogens is 240 g/mol. The second-order valence-electron chi connectivity index (χ2n) is 4.16. The van der Waals surface area contributed by atoms with Gasteiger partial charge >= 0.3 is 5.97 Å². The van der Waals surface area contributed by atoms with Crippen molar-refractivity contribution in [2.24, 2.45) is 0 Å². The Morgan fingerprint density at radius 3 is 2.79 bits per heavy atom. The van der Waals surface area contributed by atoms with Gasteiger partial charge in [-0.15, -0.1) is 0 Å². The van der Waals surface area contributed by atoms with E-state index >= 15 is 0 Å². The zero-order valence-electron chi connectivity index (χ0n) is 10.4. The monoisotopic (exact) mass is 252 g/mol. The number of rotatable bonds is 2. The van der Waals surface area contributed by atoms with Gasteiger partial charge in [-0.25, -0.2) is 9.78 Å². The molecule has 0 aliphatic heterocycles. The molecule has 0 saturated heterocycles. The second kappa shape index (κ2) is 4.57. The molecule has 0 saturated carbocycles. The van der Waals surface area contributed by atoms with E-state index in [0.29, 0.717) is 0 Å². The van der Waals surface area contributed by atoms with Crippen LogP contribution in [0.2, 0.25) is 0 Å². The summed E-state index contributed by atoms with van der Waals surface area (Å²) in [5, 5.41) is 2.26. The van der Waals surface area contributed by atoms with Crippen LogP contribution < -0.4 is 0 Å². The number of carbonyl (C=O) groups excluding carboxylic acids is 1. The molecule has 0 unspecified atom stereocenters. The van der Waals surface area contributed by atoms with Crippen molar-refractivity contribution in [2.45, 2.75) is 0 Å². The van der Waals surface area contributed by atoms with Crippen LogP contribution in [-0.4, -0.2) is 23.0 Å². The lowest BCUT2D eigenvalue weighted by Gasteiger charge is -2.03. The van der Waals surface area contributed by atoms with E-state index in [2.05, 4.69) is 26.8 Å². The van der Waals surface area contributed by atoms with Gasteiger partial charge in [0.15, 0.2) is 0 Å². The Labute approximate surface area is 110 Å². The molecule has 1 heterocycles. The molecule has 3 aromatic rings. The van der Waals surface area contributed by atoms with Gasteiger partial charge in [0.2, 0.25) is 5.82 Å². The smallest absolute Gasteiger partial charge is 0.374 e. The molecule has 1 N–H and O–H groups in total. The summed E-state index contributed by atoms with van der Waals surface area (Å²) in [5.74, 6) is -0.253. The molecule has 0 bridgehead atoms. The van der Waals surface area contributed by atoms with E-state index in [0.717, 1.165) is 22.0 Å². The molecule has 0 spiro atoms. The first-order valence-corrected chi connectivity index (χ1v) is 5.91. The predicted octanol–water partition coefficient (Wildman–Crippen LogP) is 3.02. The average molecular weight is 252 g/mol. The van der Waals surface area contributed by atoms with Gasteiger partial charge in [-0.1, -0.05) is 42.5 Å².